The van der Waals surface area contributed by atoms with E-state index in [4.69, 9.17) is 10.5 Å². The fourth-order valence-corrected chi connectivity index (χ4v) is 2.23. The van der Waals surface area contributed by atoms with Crippen molar-refractivity contribution in [3.05, 3.63) is 4.88 Å². The van der Waals surface area contributed by atoms with E-state index in [0.717, 1.165) is 13.0 Å². The number of rotatable bonds is 7. The third-order valence-corrected chi connectivity index (χ3v) is 3.35. The highest BCUT2D eigenvalue weighted by Gasteiger charge is 2.17. The molecular formula is C11H20N4O2S. The van der Waals surface area contributed by atoms with E-state index >= 15 is 0 Å². The molecule has 1 aromatic rings. The average molecular weight is 272 g/mol. The zero-order valence-corrected chi connectivity index (χ0v) is 11.8. The lowest BCUT2D eigenvalue weighted by molar-refractivity contribution is 0.0934. The number of ether oxygens (including phenoxy) is 1. The Labute approximate surface area is 111 Å². The predicted molar refractivity (Wildman–Crippen MR) is 74.1 cm³/mol. The minimum Gasteiger partial charge on any atom is -0.385 e. The Morgan fingerprint density at radius 1 is 1.61 bits per heavy atom. The summed E-state index contributed by atoms with van der Waals surface area (Å²) >= 11 is 1.27. The third-order valence-electron chi connectivity index (χ3n) is 2.32. The van der Waals surface area contributed by atoms with Crippen LogP contribution in [0.15, 0.2) is 0 Å². The van der Waals surface area contributed by atoms with Gasteiger partial charge in [0, 0.05) is 26.3 Å². The van der Waals surface area contributed by atoms with Crippen molar-refractivity contribution in [2.24, 2.45) is 0 Å². The predicted octanol–water partition coefficient (Wildman–Crippen LogP) is 1.31. The number of carbonyl (C=O) groups excluding carboxylic acids is 1. The number of nitrogens with two attached hydrogens (primary N) is 1. The minimum absolute atomic E-state index is 0.0431. The number of amides is 1. The van der Waals surface area contributed by atoms with Gasteiger partial charge in [0.1, 0.15) is 10.7 Å². The lowest BCUT2D eigenvalue weighted by atomic mass is 10.2. The van der Waals surface area contributed by atoms with Gasteiger partial charge in [-0.25, -0.2) is 4.98 Å². The number of nitrogens with one attached hydrogen (secondary N) is 2. The molecular weight excluding hydrogens is 252 g/mol. The maximum Gasteiger partial charge on any atom is 0.265 e. The molecule has 1 aromatic heterocycles. The minimum atomic E-state index is -0.183. The van der Waals surface area contributed by atoms with Crippen molar-refractivity contribution in [1.29, 1.82) is 0 Å². The van der Waals surface area contributed by atoms with E-state index in [-0.39, 0.29) is 17.8 Å². The number of hydrogen-bond acceptors (Lipinski definition) is 6. The molecule has 0 aromatic carbocycles. The third kappa shape index (κ3) is 4.15. The molecule has 0 aliphatic heterocycles. The monoisotopic (exact) mass is 272 g/mol. The van der Waals surface area contributed by atoms with E-state index < -0.39 is 0 Å². The number of anilines is 2. The molecule has 0 aliphatic rings. The number of nitrogen functional groups attached to an aromatic ring is 1. The van der Waals surface area contributed by atoms with Gasteiger partial charge in [0.15, 0.2) is 5.13 Å². The molecule has 0 bridgehead atoms. The van der Waals surface area contributed by atoms with Crippen molar-refractivity contribution in [3.8, 4) is 0 Å². The number of methoxy groups -OCH3 is 1. The van der Waals surface area contributed by atoms with Crippen LogP contribution in [0.2, 0.25) is 0 Å². The molecule has 0 saturated heterocycles. The summed E-state index contributed by atoms with van der Waals surface area (Å²) < 4.78 is 4.96. The molecule has 1 rings (SSSR count). The van der Waals surface area contributed by atoms with Crippen LogP contribution in [0.25, 0.3) is 0 Å². The van der Waals surface area contributed by atoms with Crippen molar-refractivity contribution >= 4 is 28.2 Å². The first-order valence-corrected chi connectivity index (χ1v) is 6.70. The van der Waals surface area contributed by atoms with Gasteiger partial charge in [0.25, 0.3) is 5.91 Å². The number of nitrogens with zero attached hydrogens (tertiary/aromatic N) is 1. The second-order valence-electron chi connectivity index (χ2n) is 3.92. The summed E-state index contributed by atoms with van der Waals surface area (Å²) in [4.78, 5) is 16.5. The maximum absolute atomic E-state index is 12.0. The molecule has 0 saturated carbocycles. The van der Waals surface area contributed by atoms with Crippen molar-refractivity contribution in [3.63, 3.8) is 0 Å². The number of hydrogen-bond donors (Lipinski definition) is 3. The molecule has 1 amide bonds. The molecule has 0 radical (unpaired) electrons. The van der Waals surface area contributed by atoms with Crippen LogP contribution in [-0.2, 0) is 4.74 Å². The molecule has 6 nitrogen and oxygen atoms in total. The molecule has 102 valence electrons. The van der Waals surface area contributed by atoms with Gasteiger partial charge in [-0.05, 0) is 20.3 Å². The van der Waals surface area contributed by atoms with Crippen molar-refractivity contribution < 1.29 is 9.53 Å². The Kier molecular flexibility index (Phi) is 5.87. The lowest BCUT2D eigenvalue weighted by Gasteiger charge is -2.12. The summed E-state index contributed by atoms with van der Waals surface area (Å²) in [5, 5.41) is 6.58. The van der Waals surface area contributed by atoms with E-state index in [9.17, 15) is 4.79 Å². The summed E-state index contributed by atoms with van der Waals surface area (Å²) in [6.45, 7) is 5.25. The van der Waals surface area contributed by atoms with Crippen LogP contribution >= 0.6 is 11.3 Å². The van der Waals surface area contributed by atoms with Gasteiger partial charge in [-0.1, -0.05) is 11.3 Å². The summed E-state index contributed by atoms with van der Waals surface area (Å²) in [5.74, 6) is 0.0881. The van der Waals surface area contributed by atoms with E-state index in [1.54, 1.807) is 7.11 Å². The van der Waals surface area contributed by atoms with Crippen LogP contribution in [-0.4, -0.2) is 37.2 Å². The Hall–Kier alpha value is -1.34. The van der Waals surface area contributed by atoms with Crippen LogP contribution in [0.5, 0.6) is 0 Å². The molecule has 1 unspecified atom stereocenters. The summed E-state index contributed by atoms with van der Waals surface area (Å²) in [5.41, 5.74) is 5.72. The number of thiazole rings is 1. The molecule has 0 spiro atoms. The average Bonchev–Trinajstić information content (AvgIpc) is 2.68. The van der Waals surface area contributed by atoms with Crippen molar-refractivity contribution in [2.45, 2.75) is 26.3 Å². The van der Waals surface area contributed by atoms with Crippen LogP contribution in [0.4, 0.5) is 10.9 Å². The normalized spacial score (nSPS) is 12.2. The van der Waals surface area contributed by atoms with Gasteiger partial charge < -0.3 is 21.1 Å². The Morgan fingerprint density at radius 2 is 2.33 bits per heavy atom. The van der Waals surface area contributed by atoms with Crippen LogP contribution < -0.4 is 16.4 Å². The van der Waals surface area contributed by atoms with Crippen molar-refractivity contribution in [2.75, 3.05) is 31.3 Å². The Balaban J connectivity index is 2.60. The van der Waals surface area contributed by atoms with Gasteiger partial charge in [-0.15, -0.1) is 0 Å². The highest BCUT2D eigenvalue weighted by Crippen LogP contribution is 2.24. The highest BCUT2D eigenvalue weighted by molar-refractivity contribution is 7.18. The van der Waals surface area contributed by atoms with Crippen LogP contribution in [0.3, 0.4) is 0 Å². The molecule has 1 atom stereocenters. The smallest absolute Gasteiger partial charge is 0.265 e. The first-order valence-electron chi connectivity index (χ1n) is 5.88. The zero-order valence-electron chi connectivity index (χ0n) is 10.9. The zero-order chi connectivity index (χ0) is 13.5. The second-order valence-corrected chi connectivity index (χ2v) is 4.92. The van der Waals surface area contributed by atoms with Gasteiger partial charge in [0.05, 0.1) is 0 Å². The Morgan fingerprint density at radius 3 is 2.94 bits per heavy atom. The molecule has 18 heavy (non-hydrogen) atoms. The van der Waals surface area contributed by atoms with Crippen LogP contribution in [0.1, 0.15) is 29.9 Å². The highest BCUT2D eigenvalue weighted by atomic mass is 32.1. The fraction of sp³-hybridized carbons (Fsp3) is 0.636. The molecule has 4 N–H and O–H groups in total. The fourth-order valence-electron chi connectivity index (χ4n) is 1.38. The lowest BCUT2D eigenvalue weighted by Crippen LogP contribution is -2.33. The summed E-state index contributed by atoms with van der Waals surface area (Å²) in [6.07, 6.45) is 0.765. The van der Waals surface area contributed by atoms with Crippen molar-refractivity contribution in [1.82, 2.24) is 10.3 Å². The number of carbonyl (C=O) groups is 1. The first-order chi connectivity index (χ1) is 8.58. The number of aromatic nitrogens is 1. The summed E-state index contributed by atoms with van der Waals surface area (Å²) in [6, 6.07) is 0.0431. The SMILES string of the molecule is CCNc1nc(N)c(C(=O)NC(C)CCOC)s1. The van der Waals surface area contributed by atoms with E-state index in [2.05, 4.69) is 15.6 Å². The molecule has 7 heteroatoms. The largest absolute Gasteiger partial charge is 0.385 e. The van der Waals surface area contributed by atoms with E-state index in [1.807, 2.05) is 13.8 Å². The maximum atomic E-state index is 12.0. The van der Waals surface area contributed by atoms with Gasteiger partial charge in [-0.3, -0.25) is 4.79 Å². The molecule has 0 aliphatic carbocycles. The molecule has 1 heterocycles. The first kappa shape index (κ1) is 14.7. The van der Waals surface area contributed by atoms with Crippen LogP contribution in [0, 0.1) is 0 Å². The topological polar surface area (TPSA) is 89.3 Å². The second kappa shape index (κ2) is 7.17. The standard InChI is InChI=1S/C11H20N4O2S/c1-4-13-11-15-9(12)8(18-11)10(16)14-7(2)5-6-17-3/h7H,4-6,12H2,1-3H3,(H,13,15)(H,14,16). The van der Waals surface area contributed by atoms with Gasteiger partial charge >= 0.3 is 0 Å². The van der Waals surface area contributed by atoms with E-state index in [1.165, 1.54) is 11.3 Å². The van der Waals surface area contributed by atoms with Gasteiger partial charge in [-0.2, -0.15) is 0 Å². The van der Waals surface area contributed by atoms with E-state index in [0.29, 0.717) is 16.6 Å². The van der Waals surface area contributed by atoms with Gasteiger partial charge in [0.2, 0.25) is 0 Å². The quantitative estimate of drug-likeness (QED) is 0.696. The molecule has 0 fully saturated rings. The Bertz CT molecular complexity index is 394. The summed E-state index contributed by atoms with van der Waals surface area (Å²) in [7, 11) is 1.64.